The first-order valence-corrected chi connectivity index (χ1v) is 17.9. The summed E-state index contributed by atoms with van der Waals surface area (Å²) in [6, 6.07) is 0. The van der Waals surface area contributed by atoms with E-state index in [4.69, 9.17) is 29.7 Å². The normalized spacial score (nSPS) is 24.4. The van der Waals surface area contributed by atoms with Crippen LogP contribution < -0.4 is 25.7 Å². The molecular formula is C41H48MgN4O5-2. The van der Waals surface area contributed by atoms with Gasteiger partial charge >= 0.3 is 35.0 Å². The van der Waals surface area contributed by atoms with Crippen molar-refractivity contribution in [3.63, 3.8) is 0 Å². The number of esters is 2. The van der Waals surface area contributed by atoms with Gasteiger partial charge in [0.05, 0.1) is 13.2 Å². The molecule has 0 saturated carbocycles. The number of aromatic nitrogens is 3. The molecule has 51 heavy (non-hydrogen) atoms. The van der Waals surface area contributed by atoms with Gasteiger partial charge in [0, 0.05) is 6.42 Å². The number of aliphatic hydroxyl groups excluding tert-OH is 1. The minimum Gasteiger partial charge on any atom is -0.664 e. The largest absolute Gasteiger partial charge is 2.00 e. The molecule has 6 rings (SSSR count). The van der Waals surface area contributed by atoms with E-state index in [0.29, 0.717) is 34.6 Å². The minimum absolute atomic E-state index is 0. The fourth-order valence-corrected chi connectivity index (χ4v) is 7.82. The van der Waals surface area contributed by atoms with Crippen molar-refractivity contribution in [2.75, 3.05) is 13.7 Å². The standard InChI is InChI=1S/C41H48N4O5.Mg/c1-10-20(4)15-16-50-34(46)14-13-27-23(7)30-17-28-21(5)25(11-2)32(42-28)18-29-22(6)26(12-3)33(43-29)19-31-24(8)35-39(45-31)36(38(27)44-30)37(40(35)47)41(48)49-9;/h15,17-19,23,27,37,40,47H,10-14,16H2,1-9H3;/q-4;+2/b20-15+,29-18-,30-17-,33-19-,38-36-;/t23-,27-,37+,40-;/m0./s1. The van der Waals surface area contributed by atoms with E-state index in [1.807, 2.05) is 32.1 Å². The third-order valence-corrected chi connectivity index (χ3v) is 11.1. The van der Waals surface area contributed by atoms with Crippen LogP contribution in [-0.4, -0.2) is 53.8 Å². The molecule has 3 aromatic rings. The number of rotatable bonds is 9. The van der Waals surface area contributed by atoms with E-state index in [1.165, 1.54) is 7.11 Å². The van der Waals surface area contributed by atoms with Crippen molar-refractivity contribution in [2.45, 2.75) is 93.6 Å². The molecule has 8 bridgehead atoms. The van der Waals surface area contributed by atoms with Crippen LogP contribution in [0.5, 0.6) is 0 Å². The third-order valence-electron chi connectivity index (χ3n) is 11.1. The number of fused-ring (bicyclic) bond motifs is 7. The molecule has 0 aromatic carbocycles. The maximum atomic E-state index is 13.5. The Labute approximate surface area is 316 Å². The Morgan fingerprint density at radius 1 is 0.902 bits per heavy atom. The third kappa shape index (κ3) is 6.82. The molecule has 1 saturated heterocycles. The molecule has 1 fully saturated rings. The van der Waals surface area contributed by atoms with E-state index < -0.39 is 18.0 Å². The van der Waals surface area contributed by atoms with Gasteiger partial charge in [0.15, 0.2) is 0 Å². The van der Waals surface area contributed by atoms with E-state index in [0.717, 1.165) is 80.4 Å². The Kier molecular flexibility index (Phi) is 11.7. The summed E-state index contributed by atoms with van der Waals surface area (Å²) in [6.07, 6.45) is 10.0. The van der Waals surface area contributed by atoms with Crippen molar-refractivity contribution in [3.8, 4) is 0 Å². The molecule has 4 atom stereocenters. The molecular weight excluding hydrogens is 653 g/mol. The summed E-state index contributed by atoms with van der Waals surface area (Å²) in [5.41, 5.74) is 12.0. The monoisotopic (exact) mass is 700 g/mol. The van der Waals surface area contributed by atoms with Gasteiger partial charge in [-0.1, -0.05) is 84.9 Å². The van der Waals surface area contributed by atoms with Gasteiger partial charge in [0.1, 0.15) is 12.5 Å². The molecule has 1 N–H and O–H groups in total. The molecule has 0 radical (unpaired) electrons. The van der Waals surface area contributed by atoms with Crippen molar-refractivity contribution < 1.29 is 24.2 Å². The van der Waals surface area contributed by atoms with Gasteiger partial charge < -0.3 is 34.8 Å². The molecule has 3 aliphatic rings. The molecule has 5 heterocycles. The number of ether oxygens (including phenoxy) is 2. The number of aliphatic hydroxyl groups is 1. The predicted molar refractivity (Wildman–Crippen MR) is 200 cm³/mol. The van der Waals surface area contributed by atoms with E-state index in [9.17, 15) is 14.7 Å². The quantitative estimate of drug-likeness (QED) is 0.185. The Bertz CT molecular complexity index is 2070. The van der Waals surface area contributed by atoms with Gasteiger partial charge in [-0.2, -0.15) is 11.4 Å². The summed E-state index contributed by atoms with van der Waals surface area (Å²) >= 11 is 0. The fourth-order valence-electron chi connectivity index (χ4n) is 7.82. The van der Waals surface area contributed by atoms with Gasteiger partial charge in [0.2, 0.25) is 0 Å². The van der Waals surface area contributed by atoms with Crippen LogP contribution in [0.25, 0.3) is 29.1 Å². The van der Waals surface area contributed by atoms with Crippen LogP contribution in [-0.2, 0) is 31.9 Å². The summed E-state index contributed by atoms with van der Waals surface area (Å²) in [7, 11) is 1.33. The summed E-state index contributed by atoms with van der Waals surface area (Å²) in [5, 5.41) is 18.8. The maximum Gasteiger partial charge on any atom is 2.00 e. The molecule has 0 amide bonds. The van der Waals surface area contributed by atoms with E-state index in [2.05, 4.69) is 47.6 Å². The van der Waals surface area contributed by atoms with Crippen molar-refractivity contribution in [1.29, 1.82) is 0 Å². The van der Waals surface area contributed by atoms with Crippen molar-refractivity contribution in [1.82, 2.24) is 15.0 Å². The number of methoxy groups -OCH3 is 1. The first-order chi connectivity index (χ1) is 23.9. The molecule has 0 spiro atoms. The Hall–Kier alpha value is -3.73. The van der Waals surface area contributed by atoms with Crippen molar-refractivity contribution in [2.24, 2.45) is 17.8 Å². The molecule has 266 valence electrons. The molecule has 1 aliphatic carbocycles. The maximum absolute atomic E-state index is 13.5. The SMILES string of the molecule is CC/C(C)=C/COC(=O)CC[C@@H]1/C2=C3/c4[n-]c(c(C)c4[C@H](O)[C@@H]3C(=O)OC)/C=c3\[n-]/c(c(C)c3CC)=C\c3[n-]c(c(C)c3CC)/C=C(\[N-]2)[C@H]1C.[Mg+2]. The van der Waals surface area contributed by atoms with Gasteiger partial charge in [-0.3, -0.25) is 9.59 Å². The number of carbonyl (C=O) groups is 2. The number of nitrogens with zero attached hydrogens (tertiary/aromatic N) is 4. The second-order valence-electron chi connectivity index (χ2n) is 13.8. The summed E-state index contributed by atoms with van der Waals surface area (Å²) in [6.45, 7) is 16.8. The van der Waals surface area contributed by atoms with E-state index >= 15 is 0 Å². The van der Waals surface area contributed by atoms with Gasteiger partial charge in [-0.25, -0.2) is 0 Å². The van der Waals surface area contributed by atoms with Gasteiger partial charge in [-0.15, -0.1) is 33.5 Å². The van der Waals surface area contributed by atoms with Crippen LogP contribution in [0.3, 0.4) is 0 Å². The first kappa shape index (κ1) is 38.5. The smallest absolute Gasteiger partial charge is 0.664 e. The zero-order chi connectivity index (χ0) is 36.0. The van der Waals surface area contributed by atoms with E-state index in [-0.39, 0.29) is 53.9 Å². The van der Waals surface area contributed by atoms with Crippen LogP contribution >= 0.6 is 0 Å². The second-order valence-corrected chi connectivity index (χ2v) is 13.8. The topological polar surface area (TPSA) is 129 Å². The van der Waals surface area contributed by atoms with Crippen molar-refractivity contribution in [3.05, 3.63) is 95.2 Å². The predicted octanol–water partition coefficient (Wildman–Crippen LogP) is 5.11. The fraction of sp³-hybridized carbons (Fsp3) is 0.463. The number of hydrogen-bond donors (Lipinski definition) is 1. The van der Waals surface area contributed by atoms with Crippen molar-refractivity contribution >= 4 is 58.8 Å². The van der Waals surface area contributed by atoms with E-state index in [1.54, 1.807) is 0 Å². The van der Waals surface area contributed by atoms with Gasteiger partial charge in [-0.05, 0) is 76.9 Å². The zero-order valence-corrected chi connectivity index (χ0v) is 32.9. The Morgan fingerprint density at radius 3 is 2.25 bits per heavy atom. The van der Waals surface area contributed by atoms with Crippen LogP contribution in [0.1, 0.15) is 116 Å². The zero-order valence-electron chi connectivity index (χ0n) is 31.4. The summed E-state index contributed by atoms with van der Waals surface area (Å²) in [5.74, 6) is -2.22. The molecule has 3 aromatic heterocycles. The second kappa shape index (κ2) is 15.5. The Morgan fingerprint density at radius 2 is 1.59 bits per heavy atom. The average molecular weight is 701 g/mol. The first-order valence-electron chi connectivity index (χ1n) is 17.9. The molecule has 9 nitrogen and oxygen atoms in total. The van der Waals surface area contributed by atoms with Crippen LogP contribution in [0.15, 0.2) is 23.0 Å². The van der Waals surface area contributed by atoms with Crippen LogP contribution in [0, 0.1) is 38.5 Å². The van der Waals surface area contributed by atoms with Crippen LogP contribution in [0.4, 0.5) is 0 Å². The number of allylic oxidation sites excluding steroid dienone is 3. The Balaban J connectivity index is 0.00000504. The summed E-state index contributed by atoms with van der Waals surface area (Å²) < 4.78 is 10.8. The molecule has 0 unspecified atom stereocenters. The minimum atomic E-state index is -1.16. The average Bonchev–Trinajstić information content (AvgIpc) is 3.84. The summed E-state index contributed by atoms with van der Waals surface area (Å²) in [4.78, 5) is 41.8. The van der Waals surface area contributed by atoms with Crippen LogP contribution in [0.2, 0.25) is 0 Å². The number of carbonyl (C=O) groups excluding carboxylic acids is 2. The van der Waals surface area contributed by atoms with Gasteiger partial charge in [0.25, 0.3) is 0 Å². The molecule has 10 heteroatoms. The molecule has 2 aliphatic heterocycles. The number of hydrogen-bond acceptors (Lipinski definition) is 5.